The molecule has 1 aromatic heterocycles. The van der Waals surface area contributed by atoms with E-state index in [4.69, 9.17) is 0 Å². The van der Waals surface area contributed by atoms with Crippen LogP contribution < -0.4 is 0 Å². The predicted octanol–water partition coefficient (Wildman–Crippen LogP) is 3.07. The molecule has 0 aliphatic rings. The van der Waals surface area contributed by atoms with E-state index < -0.39 is 0 Å². The predicted molar refractivity (Wildman–Crippen MR) is 65.8 cm³/mol. The zero-order valence-electron chi connectivity index (χ0n) is 9.06. The molecule has 0 fully saturated rings. The molecule has 3 heteroatoms. The highest BCUT2D eigenvalue weighted by atomic mass is 32.2. The Morgan fingerprint density at radius 1 is 1.53 bits per heavy atom. The van der Waals surface area contributed by atoms with Gasteiger partial charge < -0.3 is 0 Å². The van der Waals surface area contributed by atoms with Gasteiger partial charge in [-0.3, -0.25) is 9.78 Å². The Hall–Kier alpha value is -1.09. The topological polar surface area (TPSA) is 30.0 Å². The fraction of sp³-hybridized carbons (Fsp3) is 0.333. The average Bonchev–Trinajstić information content (AvgIpc) is 2.20. The van der Waals surface area contributed by atoms with Gasteiger partial charge in [0.1, 0.15) is 0 Å². The van der Waals surface area contributed by atoms with E-state index in [9.17, 15) is 4.79 Å². The molecule has 1 heterocycles. The molecule has 0 atom stereocenters. The van der Waals surface area contributed by atoms with Crippen LogP contribution in [0.4, 0.5) is 0 Å². The average molecular weight is 221 g/mol. The van der Waals surface area contributed by atoms with Crippen molar-refractivity contribution >= 4 is 23.0 Å². The second kappa shape index (κ2) is 6.40. The molecule has 80 valence electrons. The van der Waals surface area contributed by atoms with Gasteiger partial charge in [0.05, 0.1) is 5.69 Å². The number of carbonyl (C=O) groups is 1. The van der Waals surface area contributed by atoms with Crippen molar-refractivity contribution < 1.29 is 4.79 Å². The summed E-state index contributed by atoms with van der Waals surface area (Å²) in [6.07, 6.45) is 6.79. The van der Waals surface area contributed by atoms with E-state index in [2.05, 4.69) is 4.98 Å². The Bertz CT molecular complexity index is 343. The van der Waals surface area contributed by atoms with Crippen LogP contribution in [0.5, 0.6) is 0 Å². The van der Waals surface area contributed by atoms with Crippen LogP contribution in [0, 0.1) is 6.92 Å². The maximum absolute atomic E-state index is 10.6. The van der Waals surface area contributed by atoms with E-state index in [0.29, 0.717) is 0 Å². The van der Waals surface area contributed by atoms with E-state index in [0.717, 1.165) is 17.9 Å². The van der Waals surface area contributed by atoms with Crippen molar-refractivity contribution in [2.75, 3.05) is 5.75 Å². The van der Waals surface area contributed by atoms with Gasteiger partial charge in [-0.1, -0.05) is 23.9 Å². The summed E-state index contributed by atoms with van der Waals surface area (Å²) in [5.41, 5.74) is 2.13. The van der Waals surface area contributed by atoms with Crippen LogP contribution in [-0.4, -0.2) is 15.9 Å². The Balaban J connectivity index is 2.32. The van der Waals surface area contributed by atoms with Gasteiger partial charge in [0.25, 0.3) is 0 Å². The van der Waals surface area contributed by atoms with Gasteiger partial charge in [0.2, 0.25) is 0 Å². The lowest BCUT2D eigenvalue weighted by atomic mass is 10.2. The van der Waals surface area contributed by atoms with Gasteiger partial charge in [0, 0.05) is 18.9 Å². The molecular weight excluding hydrogens is 206 g/mol. The van der Waals surface area contributed by atoms with Gasteiger partial charge in [-0.25, -0.2) is 0 Å². The van der Waals surface area contributed by atoms with E-state index in [-0.39, 0.29) is 5.12 Å². The molecule has 1 rings (SSSR count). The second-order valence-corrected chi connectivity index (χ2v) is 4.56. The maximum atomic E-state index is 10.6. The van der Waals surface area contributed by atoms with Crippen molar-refractivity contribution in [3.63, 3.8) is 0 Å². The summed E-state index contributed by atoms with van der Waals surface area (Å²) < 4.78 is 0. The van der Waals surface area contributed by atoms with E-state index in [1.807, 2.05) is 37.4 Å². The molecule has 0 N–H and O–H groups in total. The van der Waals surface area contributed by atoms with Crippen LogP contribution in [0.3, 0.4) is 0 Å². The monoisotopic (exact) mass is 221 g/mol. The number of allylic oxidation sites excluding steroid dienone is 1. The van der Waals surface area contributed by atoms with Crippen molar-refractivity contribution in [3.8, 4) is 0 Å². The molecule has 1 aromatic rings. The number of carbonyl (C=O) groups excluding carboxylic acids is 1. The van der Waals surface area contributed by atoms with Crippen molar-refractivity contribution in [2.45, 2.75) is 20.3 Å². The van der Waals surface area contributed by atoms with Crippen LogP contribution in [0.2, 0.25) is 0 Å². The zero-order valence-corrected chi connectivity index (χ0v) is 9.88. The SMILES string of the molecule is CC(=O)SCCC=Cc1ccc(C)cn1. The molecule has 0 aliphatic heterocycles. The minimum Gasteiger partial charge on any atom is -0.288 e. The fourth-order valence-electron chi connectivity index (χ4n) is 1.05. The molecule has 0 radical (unpaired) electrons. The van der Waals surface area contributed by atoms with E-state index in [1.54, 1.807) is 6.92 Å². The minimum atomic E-state index is 0.178. The highest BCUT2D eigenvalue weighted by molar-refractivity contribution is 8.13. The Morgan fingerprint density at radius 3 is 2.93 bits per heavy atom. The minimum absolute atomic E-state index is 0.178. The first-order valence-electron chi connectivity index (χ1n) is 4.91. The number of hydrogen-bond acceptors (Lipinski definition) is 3. The lowest BCUT2D eigenvalue weighted by Gasteiger charge is -1.94. The van der Waals surface area contributed by atoms with Gasteiger partial charge in [0.15, 0.2) is 5.12 Å². The molecule has 2 nitrogen and oxygen atoms in total. The normalized spacial score (nSPS) is 10.8. The van der Waals surface area contributed by atoms with Crippen molar-refractivity contribution in [3.05, 3.63) is 35.7 Å². The molecule has 0 bridgehead atoms. The molecule has 15 heavy (non-hydrogen) atoms. The summed E-state index contributed by atoms with van der Waals surface area (Å²) in [4.78, 5) is 14.9. The Morgan fingerprint density at radius 2 is 2.33 bits per heavy atom. The molecule has 0 saturated heterocycles. The van der Waals surface area contributed by atoms with Crippen molar-refractivity contribution in [2.24, 2.45) is 0 Å². The number of nitrogens with zero attached hydrogens (tertiary/aromatic N) is 1. The van der Waals surface area contributed by atoms with E-state index in [1.165, 1.54) is 17.3 Å². The summed E-state index contributed by atoms with van der Waals surface area (Å²) in [5, 5.41) is 0.178. The fourth-order valence-corrected chi connectivity index (χ4v) is 1.59. The second-order valence-electron chi connectivity index (χ2n) is 3.29. The first-order chi connectivity index (χ1) is 7.18. The smallest absolute Gasteiger partial charge is 0.185 e. The largest absolute Gasteiger partial charge is 0.288 e. The standard InChI is InChI=1S/C12H15NOS/c1-10-6-7-12(13-9-10)5-3-4-8-15-11(2)14/h3,5-7,9H,4,8H2,1-2H3. The molecule has 0 amide bonds. The van der Waals surface area contributed by atoms with Gasteiger partial charge in [-0.05, 0) is 31.1 Å². The summed E-state index contributed by atoms with van der Waals surface area (Å²) in [6, 6.07) is 4.03. The molecular formula is C12H15NOS. The third kappa shape index (κ3) is 5.37. The van der Waals surface area contributed by atoms with Crippen molar-refractivity contribution in [1.82, 2.24) is 4.98 Å². The van der Waals surface area contributed by atoms with Crippen LogP contribution in [0.25, 0.3) is 6.08 Å². The summed E-state index contributed by atoms with van der Waals surface area (Å²) in [6.45, 7) is 3.61. The van der Waals surface area contributed by atoms with Crippen LogP contribution in [0.1, 0.15) is 24.6 Å². The van der Waals surface area contributed by atoms with Crippen LogP contribution in [-0.2, 0) is 4.79 Å². The number of hydrogen-bond donors (Lipinski definition) is 0. The quantitative estimate of drug-likeness (QED) is 0.732. The van der Waals surface area contributed by atoms with E-state index >= 15 is 0 Å². The number of pyridine rings is 1. The Labute approximate surface area is 94.8 Å². The van der Waals surface area contributed by atoms with Gasteiger partial charge in [-0.15, -0.1) is 0 Å². The highest BCUT2D eigenvalue weighted by Crippen LogP contribution is 2.06. The molecule has 0 spiro atoms. The summed E-state index contributed by atoms with van der Waals surface area (Å²) >= 11 is 1.36. The lowest BCUT2D eigenvalue weighted by molar-refractivity contribution is -0.109. The molecule has 0 unspecified atom stereocenters. The Kier molecular flexibility index (Phi) is 5.12. The number of rotatable bonds is 4. The highest BCUT2D eigenvalue weighted by Gasteiger charge is 1.91. The molecule has 0 saturated carbocycles. The van der Waals surface area contributed by atoms with Crippen LogP contribution in [0.15, 0.2) is 24.4 Å². The van der Waals surface area contributed by atoms with Gasteiger partial charge in [-0.2, -0.15) is 0 Å². The molecule has 0 aliphatic carbocycles. The number of aryl methyl sites for hydroxylation is 1. The third-order valence-corrected chi connectivity index (χ3v) is 2.66. The maximum Gasteiger partial charge on any atom is 0.185 e. The van der Waals surface area contributed by atoms with Crippen LogP contribution >= 0.6 is 11.8 Å². The van der Waals surface area contributed by atoms with Crippen molar-refractivity contribution in [1.29, 1.82) is 0 Å². The summed E-state index contributed by atoms with van der Waals surface area (Å²) in [5.74, 6) is 0.845. The zero-order chi connectivity index (χ0) is 11.1. The summed E-state index contributed by atoms with van der Waals surface area (Å²) in [7, 11) is 0. The first-order valence-corrected chi connectivity index (χ1v) is 5.89. The number of thioether (sulfide) groups is 1. The lowest BCUT2D eigenvalue weighted by Crippen LogP contribution is -1.84. The first kappa shape index (κ1) is 12.0. The molecule has 0 aromatic carbocycles. The van der Waals surface area contributed by atoms with Gasteiger partial charge >= 0.3 is 0 Å². The number of aromatic nitrogens is 1. The third-order valence-electron chi connectivity index (χ3n) is 1.81.